The molecule has 3 aliphatic rings. The van der Waals surface area contributed by atoms with Crippen molar-refractivity contribution in [1.82, 2.24) is 4.72 Å². The van der Waals surface area contributed by atoms with Gasteiger partial charge < -0.3 is 58.4 Å². The molecule has 5 amide bonds. The Morgan fingerprint density at radius 3 is 1.40 bits per heavy atom. The van der Waals surface area contributed by atoms with Crippen molar-refractivity contribution in [3.8, 4) is 30.3 Å². The smallest absolute Gasteiger partial charge is 0.412 e. The Morgan fingerprint density at radius 1 is 0.447 bits per heavy atom. The van der Waals surface area contributed by atoms with Gasteiger partial charge in [0.05, 0.1) is 67.2 Å². The van der Waals surface area contributed by atoms with E-state index in [1.165, 1.54) is 6.26 Å². The van der Waals surface area contributed by atoms with Gasteiger partial charge in [-0.15, -0.1) is 0 Å². The molecule has 3 aliphatic carbocycles. The number of anilines is 10. The average molecular weight is 1960 g/mol. The summed E-state index contributed by atoms with van der Waals surface area (Å²) in [6.07, 6.45) is 0.417. The Balaban J connectivity index is 0.000000216. The second kappa shape index (κ2) is 55.6. The molecule has 12 rings (SSSR count). The first kappa shape index (κ1) is 112. The molecule has 0 aromatic heterocycles. The van der Waals surface area contributed by atoms with Crippen LogP contribution < -0.4 is 55.8 Å². The van der Waals surface area contributed by atoms with E-state index in [4.69, 9.17) is 34.2 Å². The van der Waals surface area contributed by atoms with E-state index in [9.17, 15) is 66.8 Å². The summed E-state index contributed by atoms with van der Waals surface area (Å²) in [5, 5.41) is 80.8. The number of aliphatic hydroxyl groups is 2. The molecule has 8 N–H and O–H groups in total. The van der Waals surface area contributed by atoms with Gasteiger partial charge >= 0.3 is 30.5 Å². The van der Waals surface area contributed by atoms with Crippen LogP contribution in [0.25, 0.3) is 10.8 Å². The molecule has 9 unspecified atom stereocenters. The molecule has 0 saturated carbocycles. The van der Waals surface area contributed by atoms with Crippen molar-refractivity contribution < 1.29 is 74.7 Å². The number of carbonyl (C=O) groups is 5. The fraction of sp³-hybridized carbons (Fsp3) is 0.421. The van der Waals surface area contributed by atoms with Crippen LogP contribution >= 0.6 is 0 Å². The first-order valence-corrected chi connectivity index (χ1v) is 51.7. The van der Waals surface area contributed by atoms with Crippen molar-refractivity contribution in [3.05, 3.63) is 238 Å². The summed E-state index contributed by atoms with van der Waals surface area (Å²) in [5.41, 5.74) is 17.4. The lowest BCUT2D eigenvalue weighted by Gasteiger charge is -2.29. The summed E-state index contributed by atoms with van der Waals surface area (Å²) in [4.78, 5) is 72.5. The number of fused-ring (bicyclic) bond motifs is 2. The molecule has 0 heterocycles. The van der Waals surface area contributed by atoms with Crippen molar-refractivity contribution in [2.75, 3.05) is 155 Å². The number of nitriles is 5. The van der Waals surface area contributed by atoms with Gasteiger partial charge in [-0.25, -0.2) is 45.5 Å². The normalized spacial score (nSPS) is 15.7. The predicted octanol–water partition coefficient (Wildman–Crippen LogP) is 19.5. The van der Waals surface area contributed by atoms with Crippen LogP contribution in [-0.4, -0.2) is 179 Å². The minimum atomic E-state index is -3.21. The first-order chi connectivity index (χ1) is 67.6. The third-order valence-electron chi connectivity index (χ3n) is 24.7. The zero-order valence-electron chi connectivity index (χ0n) is 83.3. The average Bonchev–Trinajstić information content (AvgIpc) is 1.59. The summed E-state index contributed by atoms with van der Waals surface area (Å²) >= 11 is 0. The molecule has 0 spiro atoms. The molecule has 0 saturated heterocycles. The van der Waals surface area contributed by atoms with Crippen molar-refractivity contribution in [3.63, 3.8) is 0 Å². The van der Waals surface area contributed by atoms with Crippen LogP contribution in [-0.2, 0) is 69.2 Å². The Bertz CT molecular complexity index is 6160. The molecular formula is C107H134N16O16S2. The summed E-state index contributed by atoms with van der Waals surface area (Å²) in [5.74, 6) is -1.73. The molecule has 0 aliphatic heterocycles. The SMILES string of the molecule is CCN(CC)c1ccc(NC(=O)OC(C)CC#N)c(CCS(C)(=O)=O)c1.CCN(CC)c1ccc(NC(=O)OC2CCc3ccccc3C2C#N)c(CCO)c1.CCN(CC)c1ccc(NC(=O)OC2c3ccccc3CCC2C#N)cc1.CCN(CCNS(C)(=O)=O)c1ccc(NC(=O)OC(C)C(C)C#N)c(C)c1.CCN(CCO)c1ccc(NC(=O)OC2c3cccc4cccc(c34)C2C#N)c(C)c1. The fourth-order valence-electron chi connectivity index (χ4n) is 16.9. The second-order valence-corrected chi connectivity index (χ2v) is 38.3. The number of hydrogen-bond donors (Lipinski definition) is 8. The van der Waals surface area contributed by atoms with Gasteiger partial charge in [0, 0.05) is 147 Å². The number of nitrogens with zero attached hydrogens (tertiary/aromatic N) is 10. The molecule has 9 aromatic carbocycles. The molecule has 750 valence electrons. The van der Waals surface area contributed by atoms with Gasteiger partial charge in [-0.1, -0.05) is 84.9 Å². The largest absolute Gasteiger partial charge is 0.445 e. The van der Waals surface area contributed by atoms with E-state index in [-0.39, 0.29) is 37.7 Å². The number of aryl methyl sites for hydroxylation is 5. The predicted molar refractivity (Wildman–Crippen MR) is 555 cm³/mol. The topological polar surface area (TPSA) is 448 Å². The lowest BCUT2D eigenvalue weighted by Crippen LogP contribution is -2.34. The maximum Gasteiger partial charge on any atom is 0.412 e. The highest BCUT2D eigenvalue weighted by molar-refractivity contribution is 7.90. The van der Waals surface area contributed by atoms with Crippen molar-refractivity contribution >= 4 is 118 Å². The number of sulfone groups is 1. The number of hydrogen-bond acceptors (Lipinski definition) is 26. The maximum atomic E-state index is 12.7. The van der Waals surface area contributed by atoms with Gasteiger partial charge in [-0.05, 0) is 286 Å². The van der Waals surface area contributed by atoms with Crippen molar-refractivity contribution in [2.24, 2.45) is 11.8 Å². The molecule has 141 heavy (non-hydrogen) atoms. The van der Waals surface area contributed by atoms with E-state index in [0.717, 1.165) is 160 Å². The number of sulfonamides is 1. The summed E-state index contributed by atoms with van der Waals surface area (Å²) in [7, 11) is -6.35. The summed E-state index contributed by atoms with van der Waals surface area (Å²) < 4.78 is 75.3. The molecular weight excluding hydrogens is 1830 g/mol. The minimum absolute atomic E-state index is 0.0106. The van der Waals surface area contributed by atoms with Gasteiger partial charge in [0.1, 0.15) is 52.2 Å². The van der Waals surface area contributed by atoms with Gasteiger partial charge in [0.25, 0.3) is 0 Å². The molecule has 34 heteroatoms. The molecule has 9 atom stereocenters. The van der Waals surface area contributed by atoms with Crippen molar-refractivity contribution in [2.45, 2.75) is 177 Å². The van der Waals surface area contributed by atoms with E-state index < -0.39 is 98.6 Å². The number of ether oxygens (including phenoxy) is 5. The van der Waals surface area contributed by atoms with Crippen LogP contribution in [0.2, 0.25) is 0 Å². The molecule has 9 aromatic rings. The van der Waals surface area contributed by atoms with Crippen LogP contribution in [0.5, 0.6) is 0 Å². The first-order valence-electron chi connectivity index (χ1n) is 47.8. The number of likely N-dealkylation sites (N-methyl/N-ethyl adjacent to an activating group) is 2. The van der Waals surface area contributed by atoms with E-state index in [1.54, 1.807) is 32.9 Å². The summed E-state index contributed by atoms with van der Waals surface area (Å²) in [6, 6.07) is 68.5. The number of benzene rings is 9. The van der Waals surface area contributed by atoms with E-state index in [1.807, 2.05) is 228 Å². The van der Waals surface area contributed by atoms with Crippen LogP contribution in [0, 0.1) is 82.3 Å². The Kier molecular flexibility index (Phi) is 44.2. The zero-order chi connectivity index (χ0) is 103. The van der Waals surface area contributed by atoms with E-state index in [0.29, 0.717) is 73.9 Å². The lowest BCUT2D eigenvalue weighted by molar-refractivity contribution is 0.0793. The van der Waals surface area contributed by atoms with Crippen LogP contribution in [0.4, 0.5) is 80.8 Å². The summed E-state index contributed by atoms with van der Waals surface area (Å²) in [6.45, 7) is 33.5. The quantitative estimate of drug-likeness (QED) is 0.0169. The van der Waals surface area contributed by atoms with Crippen molar-refractivity contribution in [1.29, 1.82) is 26.3 Å². The highest BCUT2D eigenvalue weighted by Gasteiger charge is 2.39. The second-order valence-electron chi connectivity index (χ2n) is 34.2. The van der Waals surface area contributed by atoms with Gasteiger partial charge in [-0.2, -0.15) is 26.3 Å². The highest BCUT2D eigenvalue weighted by atomic mass is 32.2. The Hall–Kier alpha value is -14.2. The highest BCUT2D eigenvalue weighted by Crippen LogP contribution is 2.48. The molecule has 32 nitrogen and oxygen atoms in total. The fourth-order valence-corrected chi connectivity index (χ4v) is 17.9. The Morgan fingerprint density at radius 2 is 0.894 bits per heavy atom. The number of rotatable bonds is 36. The number of aliphatic hydroxyl groups excluding tert-OH is 2. The van der Waals surface area contributed by atoms with E-state index in [2.05, 4.69) is 96.8 Å². The Labute approximate surface area is 830 Å². The number of amides is 5. The molecule has 0 fully saturated rings. The van der Waals surface area contributed by atoms with Crippen LogP contribution in [0.3, 0.4) is 0 Å². The van der Waals surface area contributed by atoms with Gasteiger partial charge in [-0.3, -0.25) is 26.6 Å². The van der Waals surface area contributed by atoms with Gasteiger partial charge in [0.15, 0.2) is 0 Å². The number of carbonyl (C=O) groups excluding carboxylic acids is 5. The third kappa shape index (κ3) is 33.0. The molecule has 0 radical (unpaired) electrons. The monoisotopic (exact) mass is 1960 g/mol. The van der Waals surface area contributed by atoms with Crippen LogP contribution in [0.15, 0.2) is 182 Å². The lowest BCUT2D eigenvalue weighted by atomic mass is 9.81. The van der Waals surface area contributed by atoms with Gasteiger partial charge in [0.2, 0.25) is 10.0 Å². The zero-order valence-corrected chi connectivity index (χ0v) is 84.9. The molecule has 0 bridgehead atoms. The number of nitrogens with one attached hydrogen (secondary N) is 6. The maximum absolute atomic E-state index is 12.7. The van der Waals surface area contributed by atoms with Crippen LogP contribution in [0.1, 0.15) is 175 Å². The standard InChI is InChI=1S/C25H25N3O3.C24H29N3O3.C22H25N3O2.C18H28N4O4S.C18H27N3O4S/c1-3-28(12-13-29)18-10-11-22(16(2)14-18)27-25(30)31-24-20-9-5-7-17-6-4-8-19(23(17)20)21(24)15-26;1-3-27(4-2)19-10-11-22(18(15-19)13-14-28)26-24(29)30-23-12-9-17-7-5-6-8-20(17)21(23)16-25;1-3-25(4-2)19-13-11-18(12-14-19)24-22(26)27-21-17(15-23)10-9-16-7-5-6-8-20(16)21;1-6-22(10-9-20-27(5,24)25)16-7-8-17(13(2)11-16)21-18(23)26-15(4)14(3)12-19;1-5-21(6-2)16-7-8-17(15(13-16)10-12-26(4,23)24)20-18(22)25-14(3)9-11-19/h4-11,14,21,24,29H,3,12-13H2,1-2H3,(H,27,30);5-8,10-11,15,21,23,28H,3-4,9,12-14H2,1-2H3,(H,26,29);5-8,11-14,17,21H,3-4,9-10H2,1-2H3,(H,24,26);7-8,11,14-15,20H,6,9-10H2,1-5H3,(H,21,23);7-8,13-14H,5-6,9-10,12H2,1-4H3,(H,20,22). The minimum Gasteiger partial charge on any atom is -0.445 e. The van der Waals surface area contributed by atoms with E-state index >= 15 is 0 Å². The third-order valence-corrected chi connectivity index (χ3v) is 26.3.